The van der Waals surface area contributed by atoms with Gasteiger partial charge in [0.25, 0.3) is 0 Å². The summed E-state index contributed by atoms with van der Waals surface area (Å²) in [6.07, 6.45) is 5.67. The molecule has 3 heterocycles. The van der Waals surface area contributed by atoms with Crippen LogP contribution < -0.4 is 10.6 Å². The molecule has 7 nitrogen and oxygen atoms in total. The largest absolute Gasteiger partial charge is 0.338 e. The molecular formula is C10H15N7. The minimum atomic E-state index is 0.222. The topological polar surface area (TPSA) is 99.5 Å². The lowest BCUT2D eigenvalue weighted by molar-refractivity contribution is 0.500. The van der Waals surface area contributed by atoms with Crippen molar-refractivity contribution in [1.82, 2.24) is 25.4 Å². The second-order valence-corrected chi connectivity index (χ2v) is 4.32. The van der Waals surface area contributed by atoms with E-state index < -0.39 is 0 Å². The molecule has 0 radical (unpaired) electrons. The van der Waals surface area contributed by atoms with Crippen molar-refractivity contribution in [2.75, 3.05) is 18.0 Å². The van der Waals surface area contributed by atoms with Gasteiger partial charge in [0.2, 0.25) is 5.95 Å². The van der Waals surface area contributed by atoms with Gasteiger partial charge in [0.05, 0.1) is 11.8 Å². The van der Waals surface area contributed by atoms with E-state index in [0.29, 0.717) is 0 Å². The molecule has 0 aliphatic carbocycles. The summed E-state index contributed by atoms with van der Waals surface area (Å²) >= 11 is 0. The van der Waals surface area contributed by atoms with Crippen LogP contribution in [0.1, 0.15) is 12.8 Å². The molecule has 0 spiro atoms. The van der Waals surface area contributed by atoms with Crippen molar-refractivity contribution in [1.29, 1.82) is 0 Å². The number of piperidine rings is 1. The van der Waals surface area contributed by atoms with Gasteiger partial charge in [0.1, 0.15) is 0 Å². The quantitative estimate of drug-likeness (QED) is 0.684. The maximum Gasteiger partial charge on any atom is 0.245 e. The predicted octanol–water partition coefficient (Wildman–Crippen LogP) is 0.122. The monoisotopic (exact) mass is 233 g/mol. The van der Waals surface area contributed by atoms with E-state index >= 15 is 0 Å². The molecule has 0 saturated carbocycles. The van der Waals surface area contributed by atoms with Crippen LogP contribution in [-0.2, 0) is 0 Å². The average molecular weight is 233 g/mol. The molecule has 7 heteroatoms. The average Bonchev–Trinajstić information content (AvgIpc) is 3.00. The summed E-state index contributed by atoms with van der Waals surface area (Å²) in [5, 5.41) is 13.8. The Morgan fingerprint density at radius 1 is 1.47 bits per heavy atom. The Kier molecular flexibility index (Phi) is 2.52. The Bertz CT molecular complexity index is 475. The van der Waals surface area contributed by atoms with Crippen molar-refractivity contribution in [3.8, 4) is 11.4 Å². The third-order valence-corrected chi connectivity index (χ3v) is 2.99. The summed E-state index contributed by atoms with van der Waals surface area (Å²) in [6.45, 7) is 1.79. The zero-order valence-corrected chi connectivity index (χ0v) is 9.43. The maximum absolute atomic E-state index is 5.94. The first-order valence-electron chi connectivity index (χ1n) is 5.75. The zero-order valence-electron chi connectivity index (χ0n) is 9.43. The molecule has 0 bridgehead atoms. The smallest absolute Gasteiger partial charge is 0.245 e. The van der Waals surface area contributed by atoms with Crippen LogP contribution in [0.3, 0.4) is 0 Å². The molecule has 0 amide bonds. The van der Waals surface area contributed by atoms with Crippen LogP contribution in [0.25, 0.3) is 11.4 Å². The van der Waals surface area contributed by atoms with E-state index in [1.807, 2.05) is 0 Å². The highest BCUT2D eigenvalue weighted by molar-refractivity contribution is 5.53. The molecule has 1 aliphatic rings. The summed E-state index contributed by atoms with van der Waals surface area (Å²) in [4.78, 5) is 6.57. The van der Waals surface area contributed by atoms with E-state index in [-0.39, 0.29) is 6.04 Å². The molecule has 1 aliphatic heterocycles. The number of hydrogen-bond donors (Lipinski definition) is 3. The highest BCUT2D eigenvalue weighted by Crippen LogP contribution is 2.18. The number of aromatic amines is 2. The van der Waals surface area contributed by atoms with Gasteiger partial charge in [0.15, 0.2) is 5.82 Å². The van der Waals surface area contributed by atoms with E-state index in [9.17, 15) is 0 Å². The number of H-pyrrole nitrogens is 2. The Hall–Kier alpha value is -1.89. The standard InChI is InChI=1S/C10H15N7/c11-8-2-1-3-17(6-8)10-14-9(15-16-10)7-4-12-13-5-7/h4-5,8H,1-3,6,11H2,(H,12,13)(H,14,15,16). The molecule has 1 saturated heterocycles. The molecule has 0 aromatic carbocycles. The van der Waals surface area contributed by atoms with Gasteiger partial charge in [-0.2, -0.15) is 10.1 Å². The van der Waals surface area contributed by atoms with Gasteiger partial charge in [-0.05, 0) is 12.8 Å². The molecular weight excluding hydrogens is 218 g/mol. The molecule has 1 atom stereocenters. The highest BCUT2D eigenvalue weighted by Gasteiger charge is 2.20. The molecule has 90 valence electrons. The SMILES string of the molecule is NC1CCCN(c2n[nH]c(-c3cn[nH]c3)n2)C1. The number of hydrogen-bond acceptors (Lipinski definition) is 5. The number of anilines is 1. The fourth-order valence-electron chi connectivity index (χ4n) is 2.10. The van der Waals surface area contributed by atoms with Crippen molar-refractivity contribution in [3.63, 3.8) is 0 Å². The van der Waals surface area contributed by atoms with Gasteiger partial charge >= 0.3 is 0 Å². The van der Waals surface area contributed by atoms with Crippen LogP contribution in [0.4, 0.5) is 5.95 Å². The Morgan fingerprint density at radius 3 is 3.18 bits per heavy atom. The van der Waals surface area contributed by atoms with Crippen molar-refractivity contribution >= 4 is 5.95 Å². The van der Waals surface area contributed by atoms with Gasteiger partial charge in [0, 0.05) is 25.3 Å². The van der Waals surface area contributed by atoms with Crippen molar-refractivity contribution in [3.05, 3.63) is 12.4 Å². The summed E-state index contributed by atoms with van der Waals surface area (Å²) in [5.41, 5.74) is 6.85. The predicted molar refractivity (Wildman–Crippen MR) is 63.4 cm³/mol. The van der Waals surface area contributed by atoms with Crippen LogP contribution in [0.2, 0.25) is 0 Å². The molecule has 17 heavy (non-hydrogen) atoms. The summed E-state index contributed by atoms with van der Waals surface area (Å²) < 4.78 is 0. The normalized spacial score (nSPS) is 20.8. The Balaban J connectivity index is 1.80. The summed E-state index contributed by atoms with van der Waals surface area (Å²) in [7, 11) is 0. The lowest BCUT2D eigenvalue weighted by Crippen LogP contribution is -2.43. The number of nitrogens with zero attached hydrogens (tertiary/aromatic N) is 4. The van der Waals surface area contributed by atoms with E-state index in [2.05, 4.69) is 30.3 Å². The van der Waals surface area contributed by atoms with Crippen LogP contribution >= 0.6 is 0 Å². The van der Waals surface area contributed by atoms with Gasteiger partial charge in [-0.3, -0.25) is 10.2 Å². The van der Waals surface area contributed by atoms with E-state index in [4.69, 9.17) is 5.73 Å². The van der Waals surface area contributed by atoms with E-state index in [1.165, 1.54) is 0 Å². The second-order valence-electron chi connectivity index (χ2n) is 4.32. The molecule has 2 aromatic heterocycles. The van der Waals surface area contributed by atoms with E-state index in [0.717, 1.165) is 43.3 Å². The number of nitrogens with two attached hydrogens (primary N) is 1. The first kappa shape index (κ1) is 10.3. The second kappa shape index (κ2) is 4.17. The van der Waals surface area contributed by atoms with Crippen molar-refractivity contribution in [2.45, 2.75) is 18.9 Å². The van der Waals surface area contributed by atoms with Gasteiger partial charge in [-0.25, -0.2) is 0 Å². The first-order valence-corrected chi connectivity index (χ1v) is 5.75. The van der Waals surface area contributed by atoms with Crippen LogP contribution in [-0.4, -0.2) is 44.5 Å². The zero-order chi connectivity index (χ0) is 11.7. The van der Waals surface area contributed by atoms with Gasteiger partial charge in [-0.1, -0.05) is 0 Å². The first-order chi connectivity index (χ1) is 8.33. The Morgan fingerprint density at radius 2 is 2.41 bits per heavy atom. The number of nitrogens with one attached hydrogen (secondary N) is 2. The van der Waals surface area contributed by atoms with Crippen LogP contribution in [0.5, 0.6) is 0 Å². The number of aromatic nitrogens is 5. The molecule has 1 unspecified atom stereocenters. The van der Waals surface area contributed by atoms with Crippen LogP contribution in [0.15, 0.2) is 12.4 Å². The number of rotatable bonds is 2. The van der Waals surface area contributed by atoms with Crippen molar-refractivity contribution in [2.24, 2.45) is 5.73 Å². The highest BCUT2D eigenvalue weighted by atomic mass is 15.4. The molecule has 1 fully saturated rings. The fraction of sp³-hybridized carbons (Fsp3) is 0.500. The lowest BCUT2D eigenvalue weighted by Gasteiger charge is -2.29. The maximum atomic E-state index is 5.94. The van der Waals surface area contributed by atoms with Gasteiger partial charge < -0.3 is 10.6 Å². The molecule has 2 aromatic rings. The van der Waals surface area contributed by atoms with Crippen molar-refractivity contribution < 1.29 is 0 Å². The summed E-state index contributed by atoms with van der Waals surface area (Å²) in [6, 6.07) is 0.222. The fourth-order valence-corrected chi connectivity index (χ4v) is 2.10. The molecule has 4 N–H and O–H groups in total. The molecule has 3 rings (SSSR count). The Labute approximate surface area is 98.4 Å². The van der Waals surface area contributed by atoms with E-state index in [1.54, 1.807) is 12.4 Å². The summed E-state index contributed by atoms with van der Waals surface area (Å²) in [5.74, 6) is 1.45. The third kappa shape index (κ3) is 2.01. The van der Waals surface area contributed by atoms with Crippen LogP contribution in [0, 0.1) is 0 Å². The minimum absolute atomic E-state index is 0.222. The lowest BCUT2D eigenvalue weighted by atomic mass is 10.1. The third-order valence-electron chi connectivity index (χ3n) is 2.99. The minimum Gasteiger partial charge on any atom is -0.338 e. The van der Waals surface area contributed by atoms with Gasteiger partial charge in [-0.15, -0.1) is 5.10 Å².